The molecule has 0 N–H and O–H groups in total. The predicted molar refractivity (Wildman–Crippen MR) is 66.0 cm³/mol. The van der Waals surface area contributed by atoms with E-state index in [1.54, 1.807) is 0 Å². The third kappa shape index (κ3) is 1.89. The zero-order valence-corrected chi connectivity index (χ0v) is 9.36. The largest absolute Gasteiger partial charge is 0.118 e. The highest BCUT2D eigenvalue weighted by Gasteiger charge is 2.28. The van der Waals surface area contributed by atoms with E-state index in [9.17, 15) is 0 Å². The quantitative estimate of drug-likeness (QED) is 0.673. The van der Waals surface area contributed by atoms with E-state index >= 15 is 0 Å². The molecule has 0 saturated heterocycles. The van der Waals surface area contributed by atoms with Gasteiger partial charge in [0.2, 0.25) is 0 Å². The highest BCUT2D eigenvalue weighted by Crippen LogP contribution is 2.40. The van der Waals surface area contributed by atoms with E-state index in [0.29, 0.717) is 5.25 Å². The van der Waals surface area contributed by atoms with Gasteiger partial charge in [0.15, 0.2) is 0 Å². The first-order valence-electron chi connectivity index (χ1n) is 5.50. The molecule has 0 radical (unpaired) electrons. The normalized spacial score (nSPS) is 32.1. The monoisotopic (exact) mass is 214 g/mol. The molecule has 0 nitrogen and oxygen atoms in total. The first kappa shape index (κ1) is 9.29. The lowest BCUT2D eigenvalue weighted by molar-refractivity contribution is 0.571. The van der Waals surface area contributed by atoms with Crippen LogP contribution in [0.5, 0.6) is 0 Å². The molecule has 3 atom stereocenters. The number of allylic oxidation sites excluding steroid dienone is 3. The Bertz CT molecular complexity index is 391. The second kappa shape index (κ2) is 3.90. The molecule has 0 saturated carbocycles. The van der Waals surface area contributed by atoms with Crippen LogP contribution in [0.3, 0.4) is 0 Å². The molecule has 1 heteroatoms. The minimum absolute atomic E-state index is 0.641. The molecule has 2 aliphatic carbocycles. The maximum atomic E-state index is 2.39. The molecule has 0 aliphatic heterocycles. The third-order valence-electron chi connectivity index (χ3n) is 3.14. The Kier molecular flexibility index (Phi) is 2.41. The first-order chi connectivity index (χ1) is 7.42. The van der Waals surface area contributed by atoms with Crippen molar-refractivity contribution in [3.63, 3.8) is 0 Å². The van der Waals surface area contributed by atoms with Gasteiger partial charge in [0.1, 0.15) is 0 Å². The maximum Gasteiger partial charge on any atom is 0.0337 e. The molecule has 1 aromatic carbocycles. The molecular formula is C14H14S. The summed E-state index contributed by atoms with van der Waals surface area (Å²) >= 11 is 1.99. The number of benzene rings is 1. The van der Waals surface area contributed by atoms with Crippen molar-refractivity contribution >= 4 is 11.8 Å². The molecule has 0 fully saturated rings. The summed E-state index contributed by atoms with van der Waals surface area (Å²) in [5.41, 5.74) is 0. The van der Waals surface area contributed by atoms with Crippen molar-refractivity contribution in [1.82, 2.24) is 0 Å². The SMILES string of the molecule is C1=CC2CC1C=CC2Sc1ccccc1. The molecule has 3 unspecified atom stereocenters. The van der Waals surface area contributed by atoms with E-state index in [1.807, 2.05) is 11.8 Å². The summed E-state index contributed by atoms with van der Waals surface area (Å²) in [6.07, 6.45) is 10.8. The van der Waals surface area contributed by atoms with Crippen LogP contribution in [0.2, 0.25) is 0 Å². The van der Waals surface area contributed by atoms with Crippen LogP contribution in [0.25, 0.3) is 0 Å². The van der Waals surface area contributed by atoms with Gasteiger partial charge in [-0.2, -0.15) is 0 Å². The fourth-order valence-electron chi connectivity index (χ4n) is 2.32. The van der Waals surface area contributed by atoms with E-state index in [4.69, 9.17) is 0 Å². The van der Waals surface area contributed by atoms with Crippen LogP contribution in [0.4, 0.5) is 0 Å². The maximum absolute atomic E-state index is 2.39. The van der Waals surface area contributed by atoms with Crippen molar-refractivity contribution in [2.45, 2.75) is 16.6 Å². The Morgan fingerprint density at radius 2 is 1.73 bits per heavy atom. The summed E-state index contributed by atoms with van der Waals surface area (Å²) in [6.45, 7) is 0. The summed E-state index contributed by atoms with van der Waals surface area (Å²) in [4.78, 5) is 1.38. The minimum Gasteiger partial charge on any atom is -0.118 e. The zero-order valence-electron chi connectivity index (χ0n) is 8.54. The lowest BCUT2D eigenvalue weighted by Gasteiger charge is -2.23. The molecule has 0 amide bonds. The number of fused-ring (bicyclic) bond motifs is 2. The van der Waals surface area contributed by atoms with E-state index in [2.05, 4.69) is 54.6 Å². The van der Waals surface area contributed by atoms with Gasteiger partial charge in [-0.3, -0.25) is 0 Å². The Morgan fingerprint density at radius 3 is 2.60 bits per heavy atom. The molecule has 1 aromatic rings. The van der Waals surface area contributed by atoms with Crippen molar-refractivity contribution in [2.75, 3.05) is 0 Å². The summed E-state index contributed by atoms with van der Waals surface area (Å²) < 4.78 is 0. The second-order valence-corrected chi connectivity index (χ2v) is 5.48. The Labute approximate surface area is 95.1 Å². The van der Waals surface area contributed by atoms with Crippen LogP contribution in [-0.2, 0) is 0 Å². The summed E-state index contributed by atoms with van der Waals surface area (Å²) in [7, 11) is 0. The predicted octanol–water partition coefficient (Wildman–Crippen LogP) is 3.91. The molecule has 15 heavy (non-hydrogen) atoms. The van der Waals surface area contributed by atoms with Gasteiger partial charge >= 0.3 is 0 Å². The number of thioether (sulfide) groups is 1. The summed E-state index contributed by atoms with van der Waals surface area (Å²) in [5, 5.41) is 0.641. The summed E-state index contributed by atoms with van der Waals surface area (Å²) in [6, 6.07) is 10.7. The number of rotatable bonds is 2. The average molecular weight is 214 g/mol. The smallest absolute Gasteiger partial charge is 0.0337 e. The Balaban J connectivity index is 1.77. The standard InChI is InChI=1S/C14H14S/c1-2-4-13(5-3-1)15-14-9-7-11-6-8-12(14)10-11/h1-9,11-12,14H,10H2. The van der Waals surface area contributed by atoms with Gasteiger partial charge in [0.25, 0.3) is 0 Å². The van der Waals surface area contributed by atoms with Crippen LogP contribution >= 0.6 is 11.8 Å². The van der Waals surface area contributed by atoms with Crippen LogP contribution < -0.4 is 0 Å². The van der Waals surface area contributed by atoms with Gasteiger partial charge in [-0.15, -0.1) is 11.8 Å². The van der Waals surface area contributed by atoms with Crippen LogP contribution in [-0.4, -0.2) is 5.25 Å². The van der Waals surface area contributed by atoms with Gasteiger partial charge in [-0.25, -0.2) is 0 Å². The van der Waals surface area contributed by atoms with Gasteiger partial charge < -0.3 is 0 Å². The van der Waals surface area contributed by atoms with Crippen LogP contribution in [0, 0.1) is 11.8 Å². The highest BCUT2D eigenvalue weighted by molar-refractivity contribution is 8.00. The lowest BCUT2D eigenvalue weighted by atomic mass is 9.94. The fraction of sp³-hybridized carbons (Fsp3) is 0.286. The van der Waals surface area contributed by atoms with Crippen molar-refractivity contribution in [3.05, 3.63) is 54.6 Å². The molecule has 0 heterocycles. The Morgan fingerprint density at radius 1 is 0.933 bits per heavy atom. The molecule has 76 valence electrons. The topological polar surface area (TPSA) is 0 Å². The Hall–Kier alpha value is -0.950. The molecule has 0 spiro atoms. The van der Waals surface area contributed by atoms with E-state index in [-0.39, 0.29) is 0 Å². The van der Waals surface area contributed by atoms with Crippen molar-refractivity contribution in [2.24, 2.45) is 11.8 Å². The van der Waals surface area contributed by atoms with E-state index in [0.717, 1.165) is 11.8 Å². The van der Waals surface area contributed by atoms with Crippen LogP contribution in [0.15, 0.2) is 59.5 Å². The van der Waals surface area contributed by atoms with E-state index in [1.165, 1.54) is 11.3 Å². The molecule has 2 bridgehead atoms. The van der Waals surface area contributed by atoms with Crippen LogP contribution in [0.1, 0.15) is 6.42 Å². The number of hydrogen-bond acceptors (Lipinski definition) is 1. The molecule has 2 aliphatic rings. The zero-order chi connectivity index (χ0) is 10.1. The number of hydrogen-bond donors (Lipinski definition) is 0. The highest BCUT2D eigenvalue weighted by atomic mass is 32.2. The molecule has 0 aromatic heterocycles. The van der Waals surface area contributed by atoms with Gasteiger partial charge in [0, 0.05) is 10.1 Å². The van der Waals surface area contributed by atoms with Crippen molar-refractivity contribution in [3.8, 4) is 0 Å². The second-order valence-electron chi connectivity index (χ2n) is 4.23. The minimum atomic E-state index is 0.641. The van der Waals surface area contributed by atoms with Gasteiger partial charge in [-0.1, -0.05) is 42.5 Å². The molecule has 3 rings (SSSR count). The lowest BCUT2D eigenvalue weighted by Crippen LogP contribution is -2.15. The van der Waals surface area contributed by atoms with Crippen molar-refractivity contribution < 1.29 is 0 Å². The van der Waals surface area contributed by atoms with Gasteiger partial charge in [-0.05, 0) is 30.4 Å². The van der Waals surface area contributed by atoms with E-state index < -0.39 is 0 Å². The fourth-order valence-corrected chi connectivity index (χ4v) is 3.50. The molecular weight excluding hydrogens is 200 g/mol. The van der Waals surface area contributed by atoms with Gasteiger partial charge in [0.05, 0.1) is 0 Å². The first-order valence-corrected chi connectivity index (χ1v) is 6.38. The average Bonchev–Trinajstić information content (AvgIpc) is 2.67. The summed E-state index contributed by atoms with van der Waals surface area (Å²) in [5.74, 6) is 1.48. The van der Waals surface area contributed by atoms with Crippen molar-refractivity contribution in [1.29, 1.82) is 0 Å². The third-order valence-corrected chi connectivity index (χ3v) is 4.46.